The second kappa shape index (κ2) is 2.99. The summed E-state index contributed by atoms with van der Waals surface area (Å²) >= 11 is 0. The monoisotopic (exact) mass is 191 g/mol. The van der Waals surface area contributed by atoms with E-state index in [1.165, 1.54) is 0 Å². The SMILES string of the molecule is Cc1cc2c(N)noc2c(C)c1CN. The molecular formula is C10H13N3O. The molecule has 0 aliphatic heterocycles. The number of nitrogens with two attached hydrogens (primary N) is 2. The van der Waals surface area contributed by atoms with Gasteiger partial charge in [-0.3, -0.25) is 0 Å². The zero-order valence-electron chi connectivity index (χ0n) is 8.29. The van der Waals surface area contributed by atoms with Crippen molar-refractivity contribution in [2.24, 2.45) is 5.73 Å². The molecule has 0 unspecified atom stereocenters. The van der Waals surface area contributed by atoms with Crippen LogP contribution in [0, 0.1) is 13.8 Å². The summed E-state index contributed by atoms with van der Waals surface area (Å²) in [6, 6.07) is 1.97. The number of aromatic nitrogens is 1. The molecular weight excluding hydrogens is 178 g/mol. The first-order valence-corrected chi connectivity index (χ1v) is 4.49. The second-order valence-electron chi connectivity index (χ2n) is 3.45. The molecule has 4 nitrogen and oxygen atoms in total. The van der Waals surface area contributed by atoms with E-state index < -0.39 is 0 Å². The summed E-state index contributed by atoms with van der Waals surface area (Å²) in [6.07, 6.45) is 0. The fraction of sp³-hybridized carbons (Fsp3) is 0.300. The van der Waals surface area contributed by atoms with Crippen LogP contribution in [0.2, 0.25) is 0 Å². The van der Waals surface area contributed by atoms with Crippen LogP contribution in [0.1, 0.15) is 16.7 Å². The van der Waals surface area contributed by atoms with Gasteiger partial charge >= 0.3 is 0 Å². The number of fused-ring (bicyclic) bond motifs is 1. The Morgan fingerprint density at radius 1 is 1.43 bits per heavy atom. The normalized spacial score (nSPS) is 11.1. The molecule has 0 aliphatic rings. The van der Waals surface area contributed by atoms with Crippen molar-refractivity contribution < 1.29 is 4.52 Å². The molecule has 1 aromatic carbocycles. The van der Waals surface area contributed by atoms with E-state index in [0.29, 0.717) is 12.4 Å². The highest BCUT2D eigenvalue weighted by molar-refractivity contribution is 5.90. The van der Waals surface area contributed by atoms with Crippen molar-refractivity contribution in [3.8, 4) is 0 Å². The van der Waals surface area contributed by atoms with E-state index in [-0.39, 0.29) is 0 Å². The number of anilines is 1. The fourth-order valence-corrected chi connectivity index (χ4v) is 1.77. The zero-order chi connectivity index (χ0) is 10.3. The molecule has 0 saturated carbocycles. The molecule has 14 heavy (non-hydrogen) atoms. The van der Waals surface area contributed by atoms with E-state index >= 15 is 0 Å². The van der Waals surface area contributed by atoms with Gasteiger partial charge in [0, 0.05) is 6.54 Å². The summed E-state index contributed by atoms with van der Waals surface area (Å²) in [7, 11) is 0. The minimum Gasteiger partial charge on any atom is -0.380 e. The minimum atomic E-state index is 0.440. The minimum absolute atomic E-state index is 0.440. The van der Waals surface area contributed by atoms with Crippen LogP contribution in [0.15, 0.2) is 10.6 Å². The van der Waals surface area contributed by atoms with Gasteiger partial charge in [0.15, 0.2) is 11.4 Å². The van der Waals surface area contributed by atoms with Crippen molar-refractivity contribution in [3.05, 3.63) is 22.8 Å². The maximum absolute atomic E-state index is 5.67. The molecule has 1 heterocycles. The van der Waals surface area contributed by atoms with Crippen LogP contribution in [0.5, 0.6) is 0 Å². The number of benzene rings is 1. The Kier molecular flexibility index (Phi) is 1.93. The van der Waals surface area contributed by atoms with Crippen molar-refractivity contribution >= 4 is 16.8 Å². The summed E-state index contributed by atoms with van der Waals surface area (Å²) in [5.41, 5.74) is 15.3. The summed E-state index contributed by atoms with van der Waals surface area (Å²) in [6.45, 7) is 4.50. The highest BCUT2D eigenvalue weighted by Crippen LogP contribution is 2.28. The number of hydrogen-bond donors (Lipinski definition) is 2. The molecule has 0 spiro atoms. The van der Waals surface area contributed by atoms with E-state index in [1.54, 1.807) is 0 Å². The lowest BCUT2D eigenvalue weighted by molar-refractivity contribution is 0.458. The van der Waals surface area contributed by atoms with Gasteiger partial charge in [-0.05, 0) is 36.6 Å². The van der Waals surface area contributed by atoms with Gasteiger partial charge < -0.3 is 16.0 Å². The van der Waals surface area contributed by atoms with Gasteiger partial charge in [-0.15, -0.1) is 0 Å². The van der Waals surface area contributed by atoms with Crippen LogP contribution >= 0.6 is 0 Å². The van der Waals surface area contributed by atoms with Crippen LogP contribution in [0.25, 0.3) is 11.0 Å². The van der Waals surface area contributed by atoms with Gasteiger partial charge in [0.1, 0.15) is 0 Å². The van der Waals surface area contributed by atoms with Gasteiger partial charge in [0.25, 0.3) is 0 Å². The molecule has 0 fully saturated rings. The third-order valence-corrected chi connectivity index (χ3v) is 2.59. The largest absolute Gasteiger partial charge is 0.380 e. The Morgan fingerprint density at radius 2 is 2.14 bits per heavy atom. The van der Waals surface area contributed by atoms with E-state index in [2.05, 4.69) is 5.16 Å². The van der Waals surface area contributed by atoms with E-state index in [1.807, 2.05) is 19.9 Å². The molecule has 2 aromatic rings. The summed E-state index contributed by atoms with van der Waals surface area (Å²) in [5, 5.41) is 4.61. The van der Waals surface area contributed by atoms with E-state index in [0.717, 1.165) is 27.7 Å². The predicted octanol–water partition coefficient (Wildman–Crippen LogP) is 1.49. The molecule has 0 amide bonds. The standard InChI is InChI=1S/C10H13N3O/c1-5-3-7-9(14-13-10(7)12)6(2)8(5)4-11/h3H,4,11H2,1-2H3,(H2,12,13). The molecule has 0 saturated heterocycles. The lowest BCUT2D eigenvalue weighted by Crippen LogP contribution is -2.02. The lowest BCUT2D eigenvalue weighted by Gasteiger charge is -2.06. The summed E-state index contributed by atoms with van der Waals surface area (Å²) in [5.74, 6) is 0.440. The third kappa shape index (κ3) is 1.08. The maximum Gasteiger partial charge on any atom is 0.174 e. The van der Waals surface area contributed by atoms with Crippen molar-refractivity contribution in [1.82, 2.24) is 5.16 Å². The molecule has 74 valence electrons. The molecule has 1 aromatic heterocycles. The molecule has 0 bridgehead atoms. The first kappa shape index (κ1) is 9.02. The van der Waals surface area contributed by atoms with Crippen LogP contribution < -0.4 is 11.5 Å². The lowest BCUT2D eigenvalue weighted by atomic mass is 10.0. The van der Waals surface area contributed by atoms with Crippen molar-refractivity contribution in [2.75, 3.05) is 5.73 Å². The van der Waals surface area contributed by atoms with Crippen LogP contribution in [-0.4, -0.2) is 5.16 Å². The number of hydrogen-bond acceptors (Lipinski definition) is 4. The average Bonchev–Trinajstić information content (AvgIpc) is 2.49. The van der Waals surface area contributed by atoms with Crippen LogP contribution in [0.3, 0.4) is 0 Å². The Hall–Kier alpha value is -1.55. The van der Waals surface area contributed by atoms with Gasteiger partial charge in [-0.1, -0.05) is 5.16 Å². The topological polar surface area (TPSA) is 78.1 Å². The highest BCUT2D eigenvalue weighted by atomic mass is 16.5. The van der Waals surface area contributed by atoms with Crippen molar-refractivity contribution in [1.29, 1.82) is 0 Å². The first-order chi connectivity index (χ1) is 6.65. The Morgan fingerprint density at radius 3 is 2.79 bits per heavy atom. The average molecular weight is 191 g/mol. The quantitative estimate of drug-likeness (QED) is 0.715. The molecule has 0 atom stereocenters. The molecule has 4 N–H and O–H groups in total. The Labute approximate surface area is 81.9 Å². The molecule has 2 rings (SSSR count). The highest BCUT2D eigenvalue weighted by Gasteiger charge is 2.12. The number of aryl methyl sites for hydroxylation is 2. The second-order valence-corrected chi connectivity index (χ2v) is 3.45. The number of nitrogens with zero attached hydrogens (tertiary/aromatic N) is 1. The van der Waals surface area contributed by atoms with Crippen molar-refractivity contribution in [3.63, 3.8) is 0 Å². The Bertz CT molecular complexity index is 488. The maximum atomic E-state index is 5.67. The Balaban J connectivity index is 2.87. The van der Waals surface area contributed by atoms with Gasteiger partial charge in [0.05, 0.1) is 5.39 Å². The number of rotatable bonds is 1. The summed E-state index contributed by atoms with van der Waals surface area (Å²) < 4.78 is 5.15. The van der Waals surface area contributed by atoms with E-state index in [4.69, 9.17) is 16.0 Å². The van der Waals surface area contributed by atoms with Crippen molar-refractivity contribution in [2.45, 2.75) is 20.4 Å². The fourth-order valence-electron chi connectivity index (χ4n) is 1.77. The molecule has 0 radical (unpaired) electrons. The van der Waals surface area contributed by atoms with Crippen LogP contribution in [-0.2, 0) is 6.54 Å². The predicted molar refractivity (Wildman–Crippen MR) is 55.8 cm³/mol. The van der Waals surface area contributed by atoms with E-state index in [9.17, 15) is 0 Å². The smallest absolute Gasteiger partial charge is 0.174 e. The summed E-state index contributed by atoms with van der Waals surface area (Å²) in [4.78, 5) is 0. The van der Waals surface area contributed by atoms with Crippen LogP contribution in [0.4, 0.5) is 5.82 Å². The zero-order valence-corrected chi connectivity index (χ0v) is 8.29. The molecule has 4 heteroatoms. The first-order valence-electron chi connectivity index (χ1n) is 4.49. The number of nitrogen functional groups attached to an aromatic ring is 1. The van der Waals surface area contributed by atoms with Gasteiger partial charge in [-0.2, -0.15) is 0 Å². The third-order valence-electron chi connectivity index (χ3n) is 2.59. The van der Waals surface area contributed by atoms with Gasteiger partial charge in [-0.25, -0.2) is 0 Å². The molecule has 0 aliphatic carbocycles. The van der Waals surface area contributed by atoms with Gasteiger partial charge in [0.2, 0.25) is 0 Å².